The van der Waals surface area contributed by atoms with Gasteiger partial charge in [0.15, 0.2) is 11.9 Å². The topological polar surface area (TPSA) is 78.8 Å². The number of nitrogens with zero attached hydrogens (tertiary/aromatic N) is 1. The van der Waals surface area contributed by atoms with Gasteiger partial charge in [-0.05, 0) is 54.4 Å². The molecule has 11 heteroatoms. The standard InChI is InChI=1S/C27H20ClF3N2O5/c1-15-24(36-19-7-5-18(28)6-8-19)21-10-9-20(38-27(29,30)31)13-22(21)33(15)14-17-4-2-3-16(11-17)12-23-25(34)32-26(35)37-23/h2-11,13,23H,12,14H2,1H3,(H,32,34,35). The Balaban J connectivity index is 1.51. The van der Waals surface area contributed by atoms with Crippen LogP contribution in [0, 0.1) is 6.92 Å². The van der Waals surface area contributed by atoms with Gasteiger partial charge in [0, 0.05) is 29.4 Å². The molecule has 1 N–H and O–H groups in total. The van der Waals surface area contributed by atoms with E-state index in [9.17, 15) is 22.8 Å². The van der Waals surface area contributed by atoms with E-state index in [1.165, 1.54) is 18.2 Å². The summed E-state index contributed by atoms with van der Waals surface area (Å²) in [6.45, 7) is 2.09. The van der Waals surface area contributed by atoms with Crippen molar-refractivity contribution in [2.45, 2.75) is 32.4 Å². The number of ether oxygens (including phenoxy) is 3. The molecule has 3 aromatic carbocycles. The average Bonchev–Trinajstić information content (AvgIpc) is 3.29. The highest BCUT2D eigenvalue weighted by Gasteiger charge is 2.33. The van der Waals surface area contributed by atoms with Gasteiger partial charge in [-0.2, -0.15) is 0 Å². The third-order valence-electron chi connectivity index (χ3n) is 6.03. The van der Waals surface area contributed by atoms with Gasteiger partial charge in [-0.1, -0.05) is 35.9 Å². The number of aromatic nitrogens is 1. The van der Waals surface area contributed by atoms with Gasteiger partial charge in [-0.25, -0.2) is 4.79 Å². The molecule has 1 aliphatic rings. The van der Waals surface area contributed by atoms with Crippen molar-refractivity contribution in [2.24, 2.45) is 0 Å². The first-order valence-corrected chi connectivity index (χ1v) is 11.8. The van der Waals surface area contributed by atoms with Gasteiger partial charge in [-0.15, -0.1) is 13.2 Å². The van der Waals surface area contributed by atoms with E-state index in [0.29, 0.717) is 33.1 Å². The molecule has 1 aliphatic heterocycles. The molecule has 1 fully saturated rings. The number of nitrogens with one attached hydrogen (secondary N) is 1. The summed E-state index contributed by atoms with van der Waals surface area (Å²) in [4.78, 5) is 23.2. The SMILES string of the molecule is Cc1c(Oc2ccc(Cl)cc2)c2ccc(OC(F)(F)F)cc2n1Cc1cccc(CC2OC(=O)NC2=O)c1. The molecule has 5 rings (SSSR count). The van der Waals surface area contributed by atoms with E-state index in [2.05, 4.69) is 10.1 Å². The fraction of sp³-hybridized carbons (Fsp3) is 0.185. The third kappa shape index (κ3) is 5.55. The van der Waals surface area contributed by atoms with Crippen LogP contribution in [0.4, 0.5) is 18.0 Å². The summed E-state index contributed by atoms with van der Waals surface area (Å²) in [6, 6.07) is 18.1. The number of rotatable bonds is 7. The van der Waals surface area contributed by atoms with Gasteiger partial charge in [0.2, 0.25) is 0 Å². The van der Waals surface area contributed by atoms with Crippen LogP contribution in [0.25, 0.3) is 10.9 Å². The van der Waals surface area contributed by atoms with Crippen molar-refractivity contribution in [1.29, 1.82) is 0 Å². The fourth-order valence-electron chi connectivity index (χ4n) is 4.35. The van der Waals surface area contributed by atoms with Gasteiger partial charge in [0.05, 0.1) is 11.2 Å². The van der Waals surface area contributed by atoms with E-state index in [0.717, 1.165) is 11.1 Å². The molecule has 1 atom stereocenters. The first-order chi connectivity index (χ1) is 18.1. The molecule has 1 unspecified atom stereocenters. The number of hydrogen-bond donors (Lipinski definition) is 1. The number of alkyl carbamates (subject to hydrolysis) is 1. The molecule has 2 amide bonds. The van der Waals surface area contributed by atoms with Crippen molar-refractivity contribution in [3.63, 3.8) is 0 Å². The van der Waals surface area contributed by atoms with E-state index >= 15 is 0 Å². The number of hydrogen-bond acceptors (Lipinski definition) is 5. The molecule has 2 heterocycles. The third-order valence-corrected chi connectivity index (χ3v) is 6.28. The van der Waals surface area contributed by atoms with Crippen molar-refractivity contribution in [3.8, 4) is 17.2 Å². The number of carbonyl (C=O) groups excluding carboxylic acids is 2. The molecule has 1 saturated heterocycles. The number of fused-ring (bicyclic) bond motifs is 1. The summed E-state index contributed by atoms with van der Waals surface area (Å²) in [5.74, 6) is 0.128. The van der Waals surface area contributed by atoms with E-state index in [1.54, 1.807) is 36.4 Å². The second-order valence-electron chi connectivity index (χ2n) is 8.69. The maximum atomic E-state index is 12.9. The number of benzene rings is 3. The molecule has 0 saturated carbocycles. The number of cyclic esters (lactones) is 1. The van der Waals surface area contributed by atoms with Gasteiger partial charge < -0.3 is 18.8 Å². The largest absolute Gasteiger partial charge is 0.573 e. The van der Waals surface area contributed by atoms with Crippen molar-refractivity contribution in [1.82, 2.24) is 9.88 Å². The van der Waals surface area contributed by atoms with E-state index < -0.39 is 24.5 Å². The molecular weight excluding hydrogens is 525 g/mol. The van der Waals surface area contributed by atoms with Crippen LogP contribution >= 0.6 is 11.6 Å². The van der Waals surface area contributed by atoms with Crippen LogP contribution in [-0.4, -0.2) is 29.0 Å². The Labute approximate surface area is 219 Å². The molecule has 38 heavy (non-hydrogen) atoms. The van der Waals surface area contributed by atoms with E-state index in [-0.39, 0.29) is 18.7 Å². The quantitative estimate of drug-likeness (QED) is 0.286. The van der Waals surface area contributed by atoms with Gasteiger partial charge in [0.25, 0.3) is 5.91 Å². The lowest BCUT2D eigenvalue weighted by Gasteiger charge is -2.13. The molecule has 0 spiro atoms. The summed E-state index contributed by atoms with van der Waals surface area (Å²) < 4.78 is 55.9. The lowest BCUT2D eigenvalue weighted by Crippen LogP contribution is -2.25. The number of imide groups is 1. The molecule has 1 aromatic heterocycles. The molecule has 7 nitrogen and oxygen atoms in total. The van der Waals surface area contributed by atoms with Gasteiger partial charge in [-0.3, -0.25) is 10.1 Å². The van der Waals surface area contributed by atoms with Crippen LogP contribution in [0.3, 0.4) is 0 Å². The average molecular weight is 545 g/mol. The molecule has 196 valence electrons. The maximum absolute atomic E-state index is 12.9. The Kier molecular flexibility index (Phi) is 6.66. The highest BCUT2D eigenvalue weighted by atomic mass is 35.5. The zero-order valence-corrected chi connectivity index (χ0v) is 20.6. The molecule has 0 aliphatic carbocycles. The van der Waals surface area contributed by atoms with Crippen LogP contribution in [0.2, 0.25) is 5.02 Å². The van der Waals surface area contributed by atoms with Crippen LogP contribution in [-0.2, 0) is 22.5 Å². The zero-order chi connectivity index (χ0) is 27.0. The predicted octanol–water partition coefficient (Wildman–Crippen LogP) is 6.52. The van der Waals surface area contributed by atoms with Crippen LogP contribution < -0.4 is 14.8 Å². The summed E-state index contributed by atoms with van der Waals surface area (Å²) >= 11 is 5.97. The number of carbonyl (C=O) groups is 2. The van der Waals surface area contributed by atoms with Crippen LogP contribution in [0.15, 0.2) is 66.7 Å². The maximum Gasteiger partial charge on any atom is 0.573 e. The first-order valence-electron chi connectivity index (χ1n) is 11.5. The highest BCUT2D eigenvalue weighted by Crippen LogP contribution is 2.39. The van der Waals surface area contributed by atoms with Crippen LogP contribution in [0.1, 0.15) is 16.8 Å². The molecule has 4 aromatic rings. The van der Waals surface area contributed by atoms with Crippen molar-refractivity contribution in [3.05, 3.63) is 88.6 Å². The highest BCUT2D eigenvalue weighted by molar-refractivity contribution is 6.30. The van der Waals surface area contributed by atoms with Crippen molar-refractivity contribution < 1.29 is 37.0 Å². The minimum atomic E-state index is -4.84. The Morgan fingerprint density at radius 1 is 1.00 bits per heavy atom. The second-order valence-corrected chi connectivity index (χ2v) is 9.13. The lowest BCUT2D eigenvalue weighted by atomic mass is 10.0. The number of halogens is 4. The molecule has 0 bridgehead atoms. The number of alkyl halides is 3. The summed E-state index contributed by atoms with van der Waals surface area (Å²) in [7, 11) is 0. The Morgan fingerprint density at radius 2 is 1.71 bits per heavy atom. The molecular formula is C27H20ClF3N2O5. The summed E-state index contributed by atoms with van der Waals surface area (Å²) in [5, 5.41) is 3.23. The van der Waals surface area contributed by atoms with Crippen molar-refractivity contribution >= 4 is 34.5 Å². The smallest absolute Gasteiger partial charge is 0.455 e. The monoisotopic (exact) mass is 544 g/mol. The van der Waals surface area contributed by atoms with Crippen LogP contribution in [0.5, 0.6) is 17.2 Å². The first kappa shape index (κ1) is 25.5. The lowest BCUT2D eigenvalue weighted by molar-refractivity contribution is -0.274. The minimum absolute atomic E-state index is 0.186. The zero-order valence-electron chi connectivity index (χ0n) is 19.8. The van der Waals surface area contributed by atoms with E-state index in [4.69, 9.17) is 21.1 Å². The summed E-state index contributed by atoms with van der Waals surface area (Å²) in [5.41, 5.74) is 2.72. The van der Waals surface area contributed by atoms with Gasteiger partial charge in [0.1, 0.15) is 11.5 Å². The Hall–Kier alpha value is -4.18. The normalized spacial score (nSPS) is 15.4. The summed E-state index contributed by atoms with van der Waals surface area (Å²) in [6.07, 6.45) is -6.36. The minimum Gasteiger partial charge on any atom is -0.455 e. The molecule has 0 radical (unpaired) electrons. The van der Waals surface area contributed by atoms with Gasteiger partial charge >= 0.3 is 12.5 Å². The predicted molar refractivity (Wildman–Crippen MR) is 133 cm³/mol. The Morgan fingerprint density at radius 3 is 2.39 bits per heavy atom. The van der Waals surface area contributed by atoms with Crippen molar-refractivity contribution in [2.75, 3.05) is 0 Å². The fourth-order valence-corrected chi connectivity index (χ4v) is 4.48. The Bertz CT molecular complexity index is 1530. The van der Waals surface area contributed by atoms with E-state index in [1.807, 2.05) is 23.6 Å². The number of amides is 2. The second kappa shape index (κ2) is 9.94.